The molecule has 0 aliphatic carbocycles. The van der Waals surface area contributed by atoms with Crippen LogP contribution in [-0.2, 0) is 9.53 Å². The van der Waals surface area contributed by atoms with Crippen molar-refractivity contribution in [3.05, 3.63) is 42.5 Å². The van der Waals surface area contributed by atoms with Gasteiger partial charge in [-0.2, -0.15) is 0 Å². The molecule has 0 aromatic heterocycles. The van der Waals surface area contributed by atoms with Crippen molar-refractivity contribution in [2.45, 2.75) is 39.2 Å². The smallest absolute Gasteiger partial charge is 0.330 e. The third-order valence-corrected chi connectivity index (χ3v) is 2.75. The molecule has 0 aliphatic heterocycles. The van der Waals surface area contributed by atoms with Gasteiger partial charge in [0.2, 0.25) is 0 Å². The van der Waals surface area contributed by atoms with Crippen LogP contribution in [0.25, 0.3) is 0 Å². The van der Waals surface area contributed by atoms with Crippen LogP contribution >= 0.6 is 0 Å². The van der Waals surface area contributed by atoms with Crippen LogP contribution in [0, 0.1) is 0 Å². The Hall–Kier alpha value is -1.77. The van der Waals surface area contributed by atoms with Crippen LogP contribution in [0.1, 0.15) is 33.1 Å². The molecular formula is C16H23NO2. The van der Waals surface area contributed by atoms with E-state index in [9.17, 15) is 4.79 Å². The number of rotatable bonds is 8. The highest BCUT2D eigenvalue weighted by Crippen LogP contribution is 2.12. The van der Waals surface area contributed by atoms with Gasteiger partial charge in [-0.05, 0) is 25.5 Å². The van der Waals surface area contributed by atoms with Gasteiger partial charge in [0.25, 0.3) is 0 Å². The molecule has 1 aromatic rings. The monoisotopic (exact) mass is 261 g/mol. The Morgan fingerprint density at radius 3 is 2.68 bits per heavy atom. The van der Waals surface area contributed by atoms with Gasteiger partial charge in [0.05, 0.1) is 6.61 Å². The molecule has 0 spiro atoms. The summed E-state index contributed by atoms with van der Waals surface area (Å²) in [5.74, 6) is -0.279. The first kappa shape index (κ1) is 15.3. The van der Waals surface area contributed by atoms with Crippen molar-refractivity contribution in [1.82, 2.24) is 0 Å². The molecular weight excluding hydrogens is 238 g/mol. The maximum absolute atomic E-state index is 11.3. The second-order valence-electron chi connectivity index (χ2n) is 4.37. The highest BCUT2D eigenvalue weighted by molar-refractivity contribution is 5.82. The predicted molar refractivity (Wildman–Crippen MR) is 79.2 cm³/mol. The van der Waals surface area contributed by atoms with Crippen molar-refractivity contribution in [2.75, 3.05) is 11.9 Å². The Labute approximate surface area is 115 Å². The van der Waals surface area contributed by atoms with Crippen LogP contribution in [0.2, 0.25) is 0 Å². The Morgan fingerprint density at radius 1 is 1.32 bits per heavy atom. The van der Waals surface area contributed by atoms with E-state index in [0.29, 0.717) is 6.61 Å². The third kappa shape index (κ3) is 6.65. The van der Waals surface area contributed by atoms with Gasteiger partial charge in [-0.25, -0.2) is 4.79 Å². The van der Waals surface area contributed by atoms with E-state index >= 15 is 0 Å². The third-order valence-electron chi connectivity index (χ3n) is 2.75. The van der Waals surface area contributed by atoms with E-state index in [1.165, 1.54) is 6.08 Å². The van der Waals surface area contributed by atoms with Gasteiger partial charge in [-0.1, -0.05) is 44.0 Å². The van der Waals surface area contributed by atoms with Gasteiger partial charge < -0.3 is 10.1 Å². The molecule has 0 bridgehead atoms. The Kier molecular flexibility index (Phi) is 7.40. The molecule has 0 amide bonds. The molecule has 0 aliphatic rings. The highest BCUT2D eigenvalue weighted by Gasteiger charge is 2.05. The minimum absolute atomic E-state index is 0.159. The minimum Gasteiger partial charge on any atom is -0.463 e. The first-order chi connectivity index (χ1) is 9.26. The van der Waals surface area contributed by atoms with Crippen LogP contribution in [0.5, 0.6) is 0 Å². The number of carbonyl (C=O) groups excluding carboxylic acids is 1. The number of ether oxygens (including phenoxy) is 1. The van der Waals surface area contributed by atoms with Crippen LogP contribution in [0.3, 0.4) is 0 Å². The summed E-state index contributed by atoms with van der Waals surface area (Å²) in [6.45, 7) is 4.38. The summed E-state index contributed by atoms with van der Waals surface area (Å²) in [5.41, 5.74) is 1.07. The molecule has 1 rings (SSSR count). The number of benzene rings is 1. The van der Waals surface area contributed by atoms with Crippen molar-refractivity contribution in [2.24, 2.45) is 0 Å². The number of unbranched alkanes of at least 4 members (excludes halogenated alkanes) is 1. The average Bonchev–Trinajstić information content (AvgIpc) is 2.43. The fraction of sp³-hybridized carbons (Fsp3) is 0.438. The lowest BCUT2D eigenvalue weighted by molar-refractivity contribution is -0.137. The standard InChI is InChI=1S/C16H23NO2/c1-3-5-9-15(12-13-16(18)19-4-2)17-14-10-7-6-8-11-14/h6-8,10-13,15,17H,3-5,9H2,1-2H3/b13-12+/t15-/m1/s1. The molecule has 104 valence electrons. The first-order valence-electron chi connectivity index (χ1n) is 6.92. The summed E-state index contributed by atoms with van der Waals surface area (Å²) < 4.78 is 4.89. The fourth-order valence-electron chi connectivity index (χ4n) is 1.77. The van der Waals surface area contributed by atoms with E-state index in [1.54, 1.807) is 0 Å². The van der Waals surface area contributed by atoms with E-state index in [2.05, 4.69) is 12.2 Å². The van der Waals surface area contributed by atoms with Gasteiger partial charge in [-0.15, -0.1) is 0 Å². The van der Waals surface area contributed by atoms with Crippen LogP contribution < -0.4 is 5.32 Å². The van der Waals surface area contributed by atoms with Crippen LogP contribution in [-0.4, -0.2) is 18.6 Å². The Balaban J connectivity index is 2.58. The second kappa shape index (κ2) is 9.20. The lowest BCUT2D eigenvalue weighted by Crippen LogP contribution is -2.17. The lowest BCUT2D eigenvalue weighted by Gasteiger charge is -2.16. The molecule has 0 heterocycles. The summed E-state index contributed by atoms with van der Waals surface area (Å²) in [7, 11) is 0. The van der Waals surface area contributed by atoms with E-state index < -0.39 is 0 Å². The van der Waals surface area contributed by atoms with Crippen LogP contribution in [0.15, 0.2) is 42.5 Å². The molecule has 3 nitrogen and oxygen atoms in total. The summed E-state index contributed by atoms with van der Waals surface area (Å²) in [6.07, 6.45) is 6.67. The van der Waals surface area contributed by atoms with Gasteiger partial charge in [0, 0.05) is 17.8 Å². The normalized spacial score (nSPS) is 12.3. The van der Waals surface area contributed by atoms with E-state index in [0.717, 1.165) is 24.9 Å². The molecule has 1 atom stereocenters. The van der Waals surface area contributed by atoms with E-state index in [4.69, 9.17) is 4.74 Å². The Morgan fingerprint density at radius 2 is 2.05 bits per heavy atom. The maximum Gasteiger partial charge on any atom is 0.330 e. The predicted octanol–water partition coefficient (Wildman–Crippen LogP) is 3.78. The van der Waals surface area contributed by atoms with Gasteiger partial charge in [-0.3, -0.25) is 0 Å². The first-order valence-corrected chi connectivity index (χ1v) is 6.92. The van der Waals surface area contributed by atoms with Crippen LogP contribution in [0.4, 0.5) is 5.69 Å². The molecule has 1 aromatic carbocycles. The molecule has 0 radical (unpaired) electrons. The van der Waals surface area contributed by atoms with Crippen molar-refractivity contribution >= 4 is 11.7 Å². The summed E-state index contributed by atoms with van der Waals surface area (Å²) in [4.78, 5) is 11.3. The van der Waals surface area contributed by atoms with E-state index in [-0.39, 0.29) is 12.0 Å². The summed E-state index contributed by atoms with van der Waals surface area (Å²) in [6, 6.07) is 10.2. The number of nitrogens with one attached hydrogen (secondary N) is 1. The van der Waals surface area contributed by atoms with Crippen molar-refractivity contribution < 1.29 is 9.53 Å². The SMILES string of the molecule is CCCC[C@H](/C=C/C(=O)OCC)Nc1ccccc1. The maximum atomic E-state index is 11.3. The molecule has 3 heteroatoms. The number of hydrogen-bond donors (Lipinski definition) is 1. The number of para-hydroxylation sites is 1. The van der Waals surface area contributed by atoms with Crippen molar-refractivity contribution in [3.63, 3.8) is 0 Å². The number of hydrogen-bond acceptors (Lipinski definition) is 3. The Bertz CT molecular complexity index is 387. The minimum atomic E-state index is -0.279. The molecule has 0 fully saturated rings. The quantitative estimate of drug-likeness (QED) is 0.571. The van der Waals surface area contributed by atoms with Gasteiger partial charge in [0.1, 0.15) is 0 Å². The van der Waals surface area contributed by atoms with Gasteiger partial charge >= 0.3 is 5.97 Å². The largest absolute Gasteiger partial charge is 0.463 e. The topological polar surface area (TPSA) is 38.3 Å². The zero-order valence-electron chi connectivity index (χ0n) is 11.8. The number of anilines is 1. The lowest BCUT2D eigenvalue weighted by atomic mass is 10.1. The summed E-state index contributed by atoms with van der Waals surface area (Å²) >= 11 is 0. The second-order valence-corrected chi connectivity index (χ2v) is 4.37. The zero-order valence-corrected chi connectivity index (χ0v) is 11.8. The molecule has 0 saturated heterocycles. The highest BCUT2D eigenvalue weighted by atomic mass is 16.5. The fourth-order valence-corrected chi connectivity index (χ4v) is 1.77. The number of esters is 1. The molecule has 19 heavy (non-hydrogen) atoms. The summed E-state index contributed by atoms with van der Waals surface area (Å²) in [5, 5.41) is 3.42. The molecule has 0 saturated carbocycles. The zero-order chi connectivity index (χ0) is 13.9. The molecule has 0 unspecified atom stereocenters. The van der Waals surface area contributed by atoms with Gasteiger partial charge in [0.15, 0.2) is 0 Å². The molecule has 1 N–H and O–H groups in total. The average molecular weight is 261 g/mol. The van der Waals surface area contributed by atoms with Crippen molar-refractivity contribution in [1.29, 1.82) is 0 Å². The number of carbonyl (C=O) groups is 1. The van der Waals surface area contributed by atoms with Crippen molar-refractivity contribution in [3.8, 4) is 0 Å². The van der Waals surface area contributed by atoms with E-state index in [1.807, 2.05) is 43.3 Å².